The first-order valence-electron chi connectivity index (χ1n) is 7.21. The molecule has 0 N–H and O–H groups in total. The van der Waals surface area contributed by atoms with Gasteiger partial charge in [0.1, 0.15) is 13.2 Å². The van der Waals surface area contributed by atoms with Crippen LogP contribution in [0.3, 0.4) is 0 Å². The van der Waals surface area contributed by atoms with E-state index in [1.165, 1.54) is 6.42 Å². The van der Waals surface area contributed by atoms with E-state index in [0.717, 1.165) is 25.7 Å². The van der Waals surface area contributed by atoms with Crippen LogP contribution < -0.4 is 0 Å². The van der Waals surface area contributed by atoms with Crippen LogP contribution in [0.4, 0.5) is 13.2 Å². The zero-order chi connectivity index (χ0) is 14.6. The molecule has 0 amide bonds. The van der Waals surface area contributed by atoms with Crippen LogP contribution in [0.2, 0.25) is 0 Å². The summed E-state index contributed by atoms with van der Waals surface area (Å²) in [6.07, 6.45) is 2.17. The van der Waals surface area contributed by atoms with Gasteiger partial charge in [-0.05, 0) is 25.7 Å². The highest BCUT2D eigenvalue weighted by atomic mass is 19.4. The molecule has 0 aromatic rings. The van der Waals surface area contributed by atoms with Crippen LogP contribution in [0.25, 0.3) is 0 Å². The highest BCUT2D eigenvalue weighted by molar-refractivity contribution is 5.82. The van der Waals surface area contributed by atoms with Gasteiger partial charge in [0, 0.05) is 12.5 Å². The SMILES string of the molecule is O=C(COCC(F)(F)F)C1CCOC2(CCCCC2)C1. The first-order chi connectivity index (χ1) is 9.40. The Hall–Kier alpha value is -0.620. The number of ketones is 1. The molecule has 2 aliphatic rings. The molecule has 1 spiro atoms. The number of ether oxygens (including phenoxy) is 2. The molecule has 116 valence electrons. The van der Waals surface area contributed by atoms with Gasteiger partial charge in [-0.3, -0.25) is 4.79 Å². The van der Waals surface area contributed by atoms with Crippen molar-refractivity contribution in [3.05, 3.63) is 0 Å². The maximum atomic E-state index is 12.0. The van der Waals surface area contributed by atoms with E-state index < -0.39 is 19.4 Å². The van der Waals surface area contributed by atoms with Crippen molar-refractivity contribution in [3.63, 3.8) is 0 Å². The number of carbonyl (C=O) groups excluding carboxylic acids is 1. The Morgan fingerprint density at radius 1 is 1.25 bits per heavy atom. The molecule has 1 saturated heterocycles. The van der Waals surface area contributed by atoms with Gasteiger partial charge in [0.25, 0.3) is 0 Å². The van der Waals surface area contributed by atoms with Crippen molar-refractivity contribution in [3.8, 4) is 0 Å². The zero-order valence-electron chi connectivity index (χ0n) is 11.5. The van der Waals surface area contributed by atoms with Crippen molar-refractivity contribution in [2.45, 2.75) is 56.7 Å². The third-order valence-corrected chi connectivity index (χ3v) is 4.22. The lowest BCUT2D eigenvalue weighted by Crippen LogP contribution is -2.44. The molecule has 1 atom stereocenters. The molecule has 1 unspecified atom stereocenters. The summed E-state index contributed by atoms with van der Waals surface area (Å²) in [6.45, 7) is -1.27. The second-order valence-electron chi connectivity index (χ2n) is 5.86. The Kier molecular flexibility index (Phi) is 5.07. The largest absolute Gasteiger partial charge is 0.411 e. The minimum Gasteiger partial charge on any atom is -0.375 e. The Balaban J connectivity index is 1.81. The molecule has 20 heavy (non-hydrogen) atoms. The number of rotatable bonds is 4. The Labute approximate surface area is 116 Å². The van der Waals surface area contributed by atoms with Gasteiger partial charge in [-0.1, -0.05) is 19.3 Å². The monoisotopic (exact) mass is 294 g/mol. The van der Waals surface area contributed by atoms with Crippen LogP contribution in [0.5, 0.6) is 0 Å². The van der Waals surface area contributed by atoms with E-state index >= 15 is 0 Å². The number of Topliss-reactive ketones (excluding diaryl/α,β-unsaturated/α-hetero) is 1. The van der Waals surface area contributed by atoms with E-state index in [0.29, 0.717) is 19.4 Å². The first kappa shape index (κ1) is 15.8. The van der Waals surface area contributed by atoms with Crippen LogP contribution in [0.15, 0.2) is 0 Å². The average Bonchev–Trinajstić information content (AvgIpc) is 2.38. The van der Waals surface area contributed by atoms with Gasteiger partial charge < -0.3 is 9.47 Å². The summed E-state index contributed by atoms with van der Waals surface area (Å²) in [4.78, 5) is 12.0. The Morgan fingerprint density at radius 2 is 1.95 bits per heavy atom. The quantitative estimate of drug-likeness (QED) is 0.798. The van der Waals surface area contributed by atoms with Crippen molar-refractivity contribution in [1.82, 2.24) is 0 Å². The van der Waals surface area contributed by atoms with Crippen LogP contribution in [-0.4, -0.2) is 37.4 Å². The highest BCUT2D eigenvalue weighted by Crippen LogP contribution is 2.40. The van der Waals surface area contributed by atoms with Crippen LogP contribution in [-0.2, 0) is 14.3 Å². The normalized spacial score (nSPS) is 26.6. The second-order valence-corrected chi connectivity index (χ2v) is 5.86. The molecule has 6 heteroatoms. The summed E-state index contributed by atoms with van der Waals surface area (Å²) in [5, 5.41) is 0. The topological polar surface area (TPSA) is 35.5 Å². The molecule has 1 heterocycles. The molecule has 3 nitrogen and oxygen atoms in total. The van der Waals surface area contributed by atoms with E-state index in [4.69, 9.17) is 4.74 Å². The Bertz CT molecular complexity index is 330. The molecule has 2 rings (SSSR count). The predicted molar refractivity (Wildman–Crippen MR) is 66.4 cm³/mol. The van der Waals surface area contributed by atoms with Crippen molar-refractivity contribution in [2.75, 3.05) is 19.8 Å². The summed E-state index contributed by atoms with van der Waals surface area (Å²) >= 11 is 0. The maximum absolute atomic E-state index is 12.0. The molecular formula is C14H21F3O3. The van der Waals surface area contributed by atoms with Gasteiger partial charge in [0.05, 0.1) is 5.60 Å². The number of hydrogen-bond acceptors (Lipinski definition) is 3. The lowest BCUT2D eigenvalue weighted by atomic mass is 9.75. The summed E-state index contributed by atoms with van der Waals surface area (Å²) in [7, 11) is 0. The van der Waals surface area contributed by atoms with Gasteiger partial charge in [-0.25, -0.2) is 0 Å². The Morgan fingerprint density at radius 3 is 2.60 bits per heavy atom. The number of halogens is 3. The minimum absolute atomic E-state index is 0.207. The van der Waals surface area contributed by atoms with E-state index in [-0.39, 0.29) is 17.3 Å². The van der Waals surface area contributed by atoms with Gasteiger partial charge in [-0.15, -0.1) is 0 Å². The standard InChI is InChI=1S/C14H21F3O3/c15-14(16,17)10-19-9-12(18)11-4-7-20-13(8-11)5-2-1-3-6-13/h11H,1-10H2. The fourth-order valence-electron chi connectivity index (χ4n) is 3.23. The lowest BCUT2D eigenvalue weighted by Gasteiger charge is -2.43. The molecule has 2 fully saturated rings. The van der Waals surface area contributed by atoms with Gasteiger partial charge in [-0.2, -0.15) is 13.2 Å². The molecular weight excluding hydrogens is 273 g/mol. The average molecular weight is 294 g/mol. The van der Waals surface area contributed by atoms with Gasteiger partial charge >= 0.3 is 6.18 Å². The smallest absolute Gasteiger partial charge is 0.375 e. The lowest BCUT2D eigenvalue weighted by molar-refractivity contribution is -0.178. The number of hydrogen-bond donors (Lipinski definition) is 0. The molecule has 0 radical (unpaired) electrons. The predicted octanol–water partition coefficient (Wildman–Crippen LogP) is 3.26. The molecule has 0 aromatic heterocycles. The van der Waals surface area contributed by atoms with Crippen molar-refractivity contribution in [1.29, 1.82) is 0 Å². The van der Waals surface area contributed by atoms with Crippen LogP contribution >= 0.6 is 0 Å². The third-order valence-electron chi connectivity index (χ3n) is 4.22. The fraction of sp³-hybridized carbons (Fsp3) is 0.929. The van der Waals surface area contributed by atoms with Crippen molar-refractivity contribution < 1.29 is 27.4 Å². The summed E-state index contributed by atoms with van der Waals surface area (Å²) in [5.74, 6) is -0.433. The molecule has 1 aliphatic heterocycles. The summed E-state index contributed by atoms with van der Waals surface area (Å²) in [5.41, 5.74) is -0.207. The molecule has 0 aromatic carbocycles. The van der Waals surface area contributed by atoms with Crippen molar-refractivity contribution in [2.24, 2.45) is 5.92 Å². The number of alkyl halides is 3. The fourth-order valence-corrected chi connectivity index (χ4v) is 3.23. The van der Waals surface area contributed by atoms with Gasteiger partial charge in [0.15, 0.2) is 5.78 Å². The second kappa shape index (κ2) is 6.43. The highest BCUT2D eigenvalue weighted by Gasteiger charge is 2.40. The van der Waals surface area contributed by atoms with Crippen LogP contribution in [0.1, 0.15) is 44.9 Å². The van der Waals surface area contributed by atoms with E-state index in [2.05, 4.69) is 4.74 Å². The van der Waals surface area contributed by atoms with Crippen LogP contribution in [0, 0.1) is 5.92 Å². The minimum atomic E-state index is -4.37. The summed E-state index contributed by atoms with van der Waals surface area (Å²) < 4.78 is 46.3. The maximum Gasteiger partial charge on any atom is 0.411 e. The number of carbonyl (C=O) groups is 1. The first-order valence-corrected chi connectivity index (χ1v) is 7.21. The van der Waals surface area contributed by atoms with Gasteiger partial charge in [0.2, 0.25) is 0 Å². The third kappa shape index (κ3) is 4.45. The molecule has 1 aliphatic carbocycles. The van der Waals surface area contributed by atoms with Crippen molar-refractivity contribution >= 4 is 5.78 Å². The van der Waals surface area contributed by atoms with E-state index in [9.17, 15) is 18.0 Å². The zero-order valence-corrected chi connectivity index (χ0v) is 11.5. The van der Waals surface area contributed by atoms with E-state index in [1.54, 1.807) is 0 Å². The molecule has 0 bridgehead atoms. The van der Waals surface area contributed by atoms with E-state index in [1.807, 2.05) is 0 Å². The molecule has 1 saturated carbocycles. The summed E-state index contributed by atoms with van der Waals surface area (Å²) in [6, 6.07) is 0.